The van der Waals surface area contributed by atoms with Gasteiger partial charge >= 0.3 is 6.03 Å². The maximum absolute atomic E-state index is 13.7. The highest BCUT2D eigenvalue weighted by molar-refractivity contribution is 7.82. The van der Waals surface area contributed by atoms with E-state index in [0.29, 0.717) is 49.3 Å². The van der Waals surface area contributed by atoms with Crippen LogP contribution < -0.4 is 15.0 Å². The van der Waals surface area contributed by atoms with Gasteiger partial charge in [0, 0.05) is 30.8 Å². The summed E-state index contributed by atoms with van der Waals surface area (Å²) >= 11 is 6.24. The Kier molecular flexibility index (Phi) is 11.6. The number of carbonyl (C=O) groups is 2. The second-order valence-electron chi connectivity index (χ2n) is 14.5. The van der Waals surface area contributed by atoms with Gasteiger partial charge < -0.3 is 29.1 Å². The molecule has 4 aliphatic rings. The molecule has 1 aliphatic carbocycles. The van der Waals surface area contributed by atoms with Gasteiger partial charge in [-0.2, -0.15) is 4.36 Å². The molecule has 2 fully saturated rings. The van der Waals surface area contributed by atoms with Crippen molar-refractivity contribution in [2.45, 2.75) is 76.3 Å². The first kappa shape index (κ1) is 36.4. The number of hydrogen-bond donors (Lipinski definition) is 2. The van der Waals surface area contributed by atoms with E-state index in [4.69, 9.17) is 27.5 Å². The van der Waals surface area contributed by atoms with Gasteiger partial charge in [0.25, 0.3) is 5.91 Å². The van der Waals surface area contributed by atoms with Gasteiger partial charge in [0.15, 0.2) is 0 Å². The van der Waals surface area contributed by atoms with Crippen LogP contribution >= 0.6 is 11.6 Å². The zero-order valence-corrected chi connectivity index (χ0v) is 30.8. The summed E-state index contributed by atoms with van der Waals surface area (Å²) in [5, 5.41) is 2.99. The summed E-state index contributed by atoms with van der Waals surface area (Å²) in [7, 11) is -0.141. The molecule has 50 heavy (non-hydrogen) atoms. The number of nitrogens with one attached hydrogen (secondary N) is 1. The summed E-state index contributed by atoms with van der Waals surface area (Å²) < 4.78 is 27.5. The summed E-state index contributed by atoms with van der Waals surface area (Å²) in [6, 6.07) is 12.9. The molecule has 8 atom stereocenters. The fourth-order valence-electron chi connectivity index (χ4n) is 7.62. The van der Waals surface area contributed by atoms with Crippen LogP contribution in [0.5, 0.6) is 5.75 Å². The number of hydrogen-bond acceptors (Lipinski definition) is 5. The highest BCUT2D eigenvalue weighted by atomic mass is 35.5. The van der Waals surface area contributed by atoms with Crippen molar-refractivity contribution >= 4 is 40.2 Å². The van der Waals surface area contributed by atoms with Gasteiger partial charge in [0.05, 0.1) is 40.8 Å². The number of benzene rings is 2. The van der Waals surface area contributed by atoms with E-state index in [1.54, 1.807) is 18.1 Å². The molecule has 6 rings (SSSR count). The molecule has 268 valence electrons. The molecule has 0 aromatic heterocycles. The SMILES string of the molecule is C#C[C@]1(CCCc2cccc(Cl)c2)COc2ccc3cc2N(C[C@@H]2CC[C@H]2C/C=C/C[C@H](C)C(NC(=O)N2C[C@@H](OC)[C@@H]2C)S(O)=NC3=O)C1. The number of allylic oxidation sites excluding steroid dienone is 2. The third kappa shape index (κ3) is 8.07. The Bertz CT molecular complexity index is 1680. The van der Waals surface area contributed by atoms with Gasteiger partial charge in [-0.25, -0.2) is 4.79 Å². The lowest BCUT2D eigenvalue weighted by atomic mass is 9.71. The maximum Gasteiger partial charge on any atom is 0.318 e. The third-order valence-electron chi connectivity index (χ3n) is 11.2. The molecule has 2 aromatic carbocycles. The smallest absolute Gasteiger partial charge is 0.318 e. The number of methoxy groups -OCH3 is 1. The van der Waals surface area contributed by atoms with Crippen LogP contribution in [-0.2, 0) is 22.1 Å². The van der Waals surface area contributed by atoms with Crippen molar-refractivity contribution in [3.63, 3.8) is 0 Å². The van der Waals surface area contributed by atoms with Crippen molar-refractivity contribution in [3.8, 4) is 18.1 Å². The first-order valence-electron chi connectivity index (χ1n) is 17.8. The molecule has 1 saturated heterocycles. The number of fused-ring (bicyclic) bond motifs is 2. The van der Waals surface area contributed by atoms with Crippen molar-refractivity contribution in [1.29, 1.82) is 0 Å². The Labute approximate surface area is 304 Å². The Balaban J connectivity index is 1.27. The third-order valence-corrected chi connectivity index (χ3v) is 12.8. The van der Waals surface area contributed by atoms with E-state index in [1.807, 2.05) is 44.2 Å². The number of carbonyl (C=O) groups excluding carboxylic acids is 2. The highest BCUT2D eigenvalue weighted by Gasteiger charge is 2.41. The van der Waals surface area contributed by atoms with E-state index >= 15 is 0 Å². The van der Waals surface area contributed by atoms with Crippen molar-refractivity contribution in [2.75, 3.05) is 38.3 Å². The lowest BCUT2D eigenvalue weighted by molar-refractivity contribution is -0.0522. The van der Waals surface area contributed by atoms with Crippen LogP contribution in [0.4, 0.5) is 10.5 Å². The fourth-order valence-corrected chi connectivity index (χ4v) is 8.96. The van der Waals surface area contributed by atoms with Crippen molar-refractivity contribution in [3.05, 3.63) is 70.8 Å². The van der Waals surface area contributed by atoms with Crippen LogP contribution in [0.25, 0.3) is 0 Å². The molecule has 3 heterocycles. The van der Waals surface area contributed by atoms with E-state index in [-0.39, 0.29) is 24.1 Å². The zero-order valence-electron chi connectivity index (χ0n) is 29.2. The summed E-state index contributed by atoms with van der Waals surface area (Å²) in [5.41, 5.74) is 1.83. The number of halogens is 1. The van der Waals surface area contributed by atoms with Crippen LogP contribution in [0.15, 0.2) is 59.0 Å². The number of likely N-dealkylation sites (tertiary alicyclic amines) is 1. The van der Waals surface area contributed by atoms with Crippen molar-refractivity contribution < 1.29 is 23.6 Å². The highest BCUT2D eigenvalue weighted by Crippen LogP contribution is 2.43. The van der Waals surface area contributed by atoms with Gasteiger partial charge in [-0.05, 0) is 106 Å². The van der Waals surface area contributed by atoms with Crippen LogP contribution in [0.3, 0.4) is 0 Å². The van der Waals surface area contributed by atoms with Gasteiger partial charge in [-0.15, -0.1) is 6.42 Å². The normalized spacial score (nSPS) is 31.8. The quantitative estimate of drug-likeness (QED) is 0.239. The Morgan fingerprint density at radius 1 is 1.18 bits per heavy atom. The van der Waals surface area contributed by atoms with Crippen LogP contribution in [-0.4, -0.2) is 72.3 Å². The van der Waals surface area contributed by atoms with Crippen molar-refractivity contribution in [1.82, 2.24) is 10.2 Å². The minimum atomic E-state index is -1.78. The van der Waals surface area contributed by atoms with E-state index in [9.17, 15) is 14.1 Å². The van der Waals surface area contributed by atoms with Crippen LogP contribution in [0.1, 0.15) is 68.3 Å². The van der Waals surface area contributed by atoms with Gasteiger partial charge in [-0.3, -0.25) is 4.79 Å². The Morgan fingerprint density at radius 2 is 1.98 bits per heavy atom. The zero-order chi connectivity index (χ0) is 35.4. The topological polar surface area (TPSA) is 104 Å². The van der Waals surface area contributed by atoms with Crippen LogP contribution in [0, 0.1) is 35.5 Å². The maximum atomic E-state index is 13.7. The number of aryl methyl sites for hydroxylation is 1. The van der Waals surface area contributed by atoms with E-state index in [2.05, 4.69) is 38.7 Å². The average molecular weight is 721 g/mol. The molecule has 3 aliphatic heterocycles. The standard InChI is InChI=1S/C39H49ClN4O5S/c1-5-39(19-9-12-28-11-8-14-32(40)20-28)24-43-22-31-16-15-29(31)13-7-6-10-26(2)37(41-38(46)44-23-35(48-4)27(44)3)50(47)42-36(45)30-17-18-34(49-25-39)33(43)21-30/h1,6-8,11,14,17-18,20-21,26-27,29,31,35,37H,9-10,12-13,15-16,19,22-25H2,2-4H3,(H,41,46)(H,42,45,47)/b7-6+/t26-,27-,29+,31-,35+,37?,39+,50?/m0/s1. The molecule has 0 radical (unpaired) electrons. The lowest BCUT2D eigenvalue weighted by Gasteiger charge is -2.45. The molecular weight excluding hydrogens is 672 g/mol. The molecule has 1 saturated carbocycles. The second kappa shape index (κ2) is 15.9. The summed E-state index contributed by atoms with van der Waals surface area (Å²) in [4.78, 5) is 31.0. The van der Waals surface area contributed by atoms with Gasteiger partial charge in [-0.1, -0.05) is 48.7 Å². The summed E-state index contributed by atoms with van der Waals surface area (Å²) in [6.45, 7) is 6.17. The largest absolute Gasteiger partial charge is 0.490 e. The predicted octanol–water partition coefficient (Wildman–Crippen LogP) is 7.36. The van der Waals surface area contributed by atoms with E-state index < -0.39 is 27.7 Å². The van der Waals surface area contributed by atoms with E-state index in [0.717, 1.165) is 55.8 Å². The number of amides is 3. The molecule has 2 aromatic rings. The number of terminal acetylenes is 1. The number of urea groups is 1. The molecule has 0 spiro atoms. The lowest BCUT2D eigenvalue weighted by Crippen LogP contribution is -2.65. The Morgan fingerprint density at radius 3 is 2.70 bits per heavy atom. The molecule has 2 N–H and O–H groups in total. The minimum Gasteiger partial charge on any atom is -0.490 e. The number of ether oxygens (including phenoxy) is 2. The number of anilines is 1. The Hall–Kier alpha value is -3.36. The molecule has 11 heteroatoms. The molecule has 2 bridgehead atoms. The first-order chi connectivity index (χ1) is 24.1. The first-order valence-corrected chi connectivity index (χ1v) is 19.3. The molecule has 9 nitrogen and oxygen atoms in total. The molecule has 2 unspecified atom stereocenters. The predicted molar refractivity (Wildman–Crippen MR) is 200 cm³/mol. The van der Waals surface area contributed by atoms with Crippen LogP contribution in [0.2, 0.25) is 5.02 Å². The molecular formula is C39H49ClN4O5S. The second-order valence-corrected chi connectivity index (χ2v) is 16.2. The fraction of sp³-hybridized carbons (Fsp3) is 0.538. The van der Waals surface area contributed by atoms with Gasteiger partial charge in [0.1, 0.15) is 17.7 Å². The monoisotopic (exact) mass is 720 g/mol. The number of rotatable bonds is 6. The summed E-state index contributed by atoms with van der Waals surface area (Å²) in [6.07, 6.45) is 17.1. The summed E-state index contributed by atoms with van der Waals surface area (Å²) in [5.74, 6) is 4.13. The van der Waals surface area contributed by atoms with Crippen molar-refractivity contribution in [2.24, 2.45) is 27.5 Å². The minimum absolute atomic E-state index is 0.0245. The molecule has 3 amide bonds. The number of nitrogens with zero attached hydrogens (tertiary/aromatic N) is 3. The van der Waals surface area contributed by atoms with Gasteiger partial charge in [0.2, 0.25) is 0 Å². The van der Waals surface area contributed by atoms with E-state index in [1.165, 1.54) is 5.56 Å². The average Bonchev–Trinajstić information content (AvgIpc) is 3.24.